The van der Waals surface area contributed by atoms with Gasteiger partial charge < -0.3 is 10.1 Å². The summed E-state index contributed by atoms with van der Waals surface area (Å²) in [6, 6.07) is 10.7. The number of methoxy groups -OCH3 is 1. The number of carbonyl (C=O) groups excluding carboxylic acids is 1. The molecule has 27 heavy (non-hydrogen) atoms. The number of amides is 1. The first-order valence-electron chi connectivity index (χ1n) is 7.62. The number of anilines is 1. The van der Waals surface area contributed by atoms with Crippen molar-refractivity contribution >= 4 is 28.9 Å². The van der Waals surface area contributed by atoms with E-state index in [4.69, 9.17) is 16.3 Å². The number of halogens is 1. The summed E-state index contributed by atoms with van der Waals surface area (Å²) in [6.45, 7) is -0.198. The third-order valence-electron chi connectivity index (χ3n) is 3.60. The number of nitrogens with zero attached hydrogens (tertiary/aromatic N) is 5. The van der Waals surface area contributed by atoms with Gasteiger partial charge in [-0.25, -0.2) is 4.68 Å². The van der Waals surface area contributed by atoms with Gasteiger partial charge in [0.05, 0.1) is 17.7 Å². The van der Waals surface area contributed by atoms with Gasteiger partial charge in [-0.3, -0.25) is 14.9 Å². The first-order valence-corrected chi connectivity index (χ1v) is 8.00. The number of rotatable bonds is 6. The fraction of sp³-hybridized carbons (Fsp3) is 0.125. The number of nitrogens with one attached hydrogen (secondary N) is 1. The first-order chi connectivity index (χ1) is 13.0. The Morgan fingerprint density at radius 1 is 1.30 bits per heavy atom. The Kier molecular flexibility index (Phi) is 5.27. The van der Waals surface area contributed by atoms with Gasteiger partial charge in [-0.1, -0.05) is 11.6 Å². The summed E-state index contributed by atoms with van der Waals surface area (Å²) in [5.41, 5.74) is 0.693. The van der Waals surface area contributed by atoms with Crippen molar-refractivity contribution < 1.29 is 14.5 Å². The number of aromatic nitrogens is 4. The molecule has 0 fully saturated rings. The summed E-state index contributed by atoms with van der Waals surface area (Å²) >= 11 is 5.87. The van der Waals surface area contributed by atoms with Crippen molar-refractivity contribution in [2.24, 2.45) is 0 Å². The molecule has 0 saturated heterocycles. The SMILES string of the molecule is COc1ccc([N+](=O)[O-])cc1NC(=O)Cn1nnnc1-c1ccc(Cl)cc1. The number of hydrogen-bond donors (Lipinski definition) is 1. The second-order valence-electron chi connectivity index (χ2n) is 5.36. The second kappa shape index (κ2) is 7.79. The van der Waals surface area contributed by atoms with Gasteiger partial charge in [0.15, 0.2) is 5.82 Å². The molecule has 1 N–H and O–H groups in total. The molecular formula is C16H13ClN6O4. The highest BCUT2D eigenvalue weighted by molar-refractivity contribution is 6.30. The number of nitro benzene ring substituents is 1. The van der Waals surface area contributed by atoms with E-state index in [0.29, 0.717) is 22.2 Å². The molecule has 1 aromatic heterocycles. The van der Waals surface area contributed by atoms with Crippen LogP contribution in [0, 0.1) is 10.1 Å². The molecule has 0 aliphatic carbocycles. The van der Waals surface area contributed by atoms with Crippen LogP contribution < -0.4 is 10.1 Å². The van der Waals surface area contributed by atoms with Crippen molar-refractivity contribution in [1.29, 1.82) is 0 Å². The normalized spacial score (nSPS) is 10.4. The largest absolute Gasteiger partial charge is 0.495 e. The molecule has 0 unspecified atom stereocenters. The van der Waals surface area contributed by atoms with E-state index in [1.807, 2.05) is 0 Å². The van der Waals surface area contributed by atoms with Crippen LogP contribution in [0.15, 0.2) is 42.5 Å². The molecule has 0 spiro atoms. The Morgan fingerprint density at radius 2 is 2.04 bits per heavy atom. The summed E-state index contributed by atoms with van der Waals surface area (Å²) in [4.78, 5) is 22.8. The van der Waals surface area contributed by atoms with E-state index in [1.54, 1.807) is 24.3 Å². The van der Waals surface area contributed by atoms with Crippen molar-refractivity contribution in [2.75, 3.05) is 12.4 Å². The smallest absolute Gasteiger partial charge is 0.271 e. The molecule has 10 nitrogen and oxygen atoms in total. The topological polar surface area (TPSA) is 125 Å². The summed E-state index contributed by atoms with van der Waals surface area (Å²) in [6.07, 6.45) is 0. The summed E-state index contributed by atoms with van der Waals surface area (Å²) < 4.78 is 6.43. The molecule has 3 rings (SSSR count). The van der Waals surface area contributed by atoms with Crippen LogP contribution in [-0.2, 0) is 11.3 Å². The Morgan fingerprint density at radius 3 is 2.70 bits per heavy atom. The van der Waals surface area contributed by atoms with E-state index in [-0.39, 0.29) is 17.9 Å². The van der Waals surface area contributed by atoms with Crippen LogP contribution in [0.1, 0.15) is 0 Å². The summed E-state index contributed by atoms with van der Waals surface area (Å²) in [7, 11) is 1.40. The fourth-order valence-corrected chi connectivity index (χ4v) is 2.48. The summed E-state index contributed by atoms with van der Waals surface area (Å²) in [5, 5.41) is 25.4. The van der Waals surface area contributed by atoms with Crippen LogP contribution in [-0.4, -0.2) is 38.1 Å². The molecule has 0 radical (unpaired) electrons. The standard InChI is InChI=1S/C16H13ClN6O4/c1-27-14-7-6-12(23(25)26)8-13(14)18-15(24)9-22-16(19-20-21-22)10-2-4-11(17)5-3-10/h2-8H,9H2,1H3,(H,18,24). The molecule has 1 amide bonds. The molecule has 0 aliphatic heterocycles. The molecule has 3 aromatic rings. The maximum atomic E-state index is 12.4. The highest BCUT2D eigenvalue weighted by Crippen LogP contribution is 2.29. The minimum absolute atomic E-state index is 0.171. The third kappa shape index (κ3) is 4.18. The van der Waals surface area contributed by atoms with Gasteiger partial charge in [-0.15, -0.1) is 5.10 Å². The Labute approximate surface area is 157 Å². The van der Waals surface area contributed by atoms with Crippen LogP contribution in [0.3, 0.4) is 0 Å². The zero-order chi connectivity index (χ0) is 19.4. The number of hydrogen-bond acceptors (Lipinski definition) is 7. The van der Waals surface area contributed by atoms with Gasteiger partial charge in [-0.2, -0.15) is 0 Å². The fourth-order valence-electron chi connectivity index (χ4n) is 2.35. The summed E-state index contributed by atoms with van der Waals surface area (Å²) in [5.74, 6) is 0.202. The number of benzene rings is 2. The number of non-ortho nitro benzene ring substituents is 1. The average Bonchev–Trinajstić information content (AvgIpc) is 3.10. The van der Waals surface area contributed by atoms with Crippen molar-refractivity contribution in [2.45, 2.75) is 6.54 Å². The number of carbonyl (C=O) groups is 1. The Balaban J connectivity index is 1.80. The highest BCUT2D eigenvalue weighted by atomic mass is 35.5. The highest BCUT2D eigenvalue weighted by Gasteiger charge is 2.16. The van der Waals surface area contributed by atoms with E-state index < -0.39 is 10.8 Å². The van der Waals surface area contributed by atoms with Crippen LogP contribution in [0.2, 0.25) is 5.02 Å². The molecule has 0 saturated carbocycles. The van der Waals surface area contributed by atoms with Crippen molar-refractivity contribution in [3.8, 4) is 17.1 Å². The minimum Gasteiger partial charge on any atom is -0.495 e. The third-order valence-corrected chi connectivity index (χ3v) is 3.85. The lowest BCUT2D eigenvalue weighted by molar-refractivity contribution is -0.384. The second-order valence-corrected chi connectivity index (χ2v) is 5.79. The zero-order valence-corrected chi connectivity index (χ0v) is 14.8. The van der Waals surface area contributed by atoms with Crippen LogP contribution in [0.4, 0.5) is 11.4 Å². The lowest BCUT2D eigenvalue weighted by atomic mass is 10.2. The van der Waals surface area contributed by atoms with E-state index in [0.717, 1.165) is 0 Å². The average molecular weight is 389 g/mol. The Hall–Kier alpha value is -3.53. The van der Waals surface area contributed by atoms with Crippen LogP contribution in [0.5, 0.6) is 5.75 Å². The lowest BCUT2D eigenvalue weighted by Gasteiger charge is -2.10. The Bertz CT molecular complexity index is 989. The van der Waals surface area contributed by atoms with Gasteiger partial charge in [0.25, 0.3) is 5.69 Å². The number of nitro groups is 1. The molecule has 2 aromatic carbocycles. The number of tetrazole rings is 1. The maximum Gasteiger partial charge on any atom is 0.271 e. The molecule has 138 valence electrons. The van der Waals surface area contributed by atoms with Gasteiger partial charge in [0.2, 0.25) is 5.91 Å². The lowest BCUT2D eigenvalue weighted by Crippen LogP contribution is -2.20. The van der Waals surface area contributed by atoms with Crippen molar-refractivity contribution in [1.82, 2.24) is 20.2 Å². The van der Waals surface area contributed by atoms with Crippen LogP contribution in [0.25, 0.3) is 11.4 Å². The predicted octanol–water partition coefficient (Wildman–Crippen LogP) is 2.55. The first kappa shape index (κ1) is 18.3. The van der Waals surface area contributed by atoms with E-state index >= 15 is 0 Å². The van der Waals surface area contributed by atoms with E-state index in [2.05, 4.69) is 20.8 Å². The van der Waals surface area contributed by atoms with Crippen molar-refractivity contribution in [3.05, 3.63) is 57.6 Å². The predicted molar refractivity (Wildman–Crippen MR) is 96.5 cm³/mol. The zero-order valence-electron chi connectivity index (χ0n) is 14.0. The molecule has 0 aliphatic rings. The van der Waals surface area contributed by atoms with Gasteiger partial charge in [0, 0.05) is 22.7 Å². The monoisotopic (exact) mass is 388 g/mol. The maximum absolute atomic E-state index is 12.4. The molecular weight excluding hydrogens is 376 g/mol. The van der Waals surface area contributed by atoms with Crippen molar-refractivity contribution in [3.63, 3.8) is 0 Å². The molecule has 11 heteroatoms. The van der Waals surface area contributed by atoms with E-state index in [9.17, 15) is 14.9 Å². The number of ether oxygens (including phenoxy) is 1. The van der Waals surface area contributed by atoms with Gasteiger partial charge >= 0.3 is 0 Å². The molecule has 0 atom stereocenters. The minimum atomic E-state index is -0.560. The van der Waals surface area contributed by atoms with Gasteiger partial charge in [0.1, 0.15) is 12.3 Å². The molecule has 1 heterocycles. The van der Waals surface area contributed by atoms with E-state index in [1.165, 1.54) is 30.0 Å². The quantitative estimate of drug-likeness (QED) is 0.508. The van der Waals surface area contributed by atoms with Gasteiger partial charge in [-0.05, 0) is 40.8 Å². The van der Waals surface area contributed by atoms with Crippen LogP contribution >= 0.6 is 11.6 Å². The molecule has 0 bridgehead atoms.